The van der Waals surface area contributed by atoms with Crippen LogP contribution in [0.2, 0.25) is 0 Å². The molecule has 1 heterocycles. The first-order chi connectivity index (χ1) is 12.4. The van der Waals surface area contributed by atoms with Gasteiger partial charge >= 0.3 is 0 Å². The Morgan fingerprint density at radius 3 is 2.58 bits per heavy atom. The number of hydrogen-bond acceptors (Lipinski definition) is 5. The zero-order valence-corrected chi connectivity index (χ0v) is 15.3. The zero-order chi connectivity index (χ0) is 18.8. The molecule has 0 radical (unpaired) electrons. The minimum Gasteiger partial charge on any atom is -0.507 e. The van der Waals surface area contributed by atoms with Crippen molar-refractivity contribution < 1.29 is 23.9 Å². The van der Waals surface area contributed by atoms with Crippen LogP contribution >= 0.6 is 0 Å². The van der Waals surface area contributed by atoms with Gasteiger partial charge in [-0.2, -0.15) is 0 Å². The zero-order valence-electron chi connectivity index (χ0n) is 15.3. The van der Waals surface area contributed by atoms with Crippen molar-refractivity contribution in [2.24, 2.45) is 0 Å². The van der Waals surface area contributed by atoms with E-state index in [9.17, 15) is 9.90 Å². The van der Waals surface area contributed by atoms with Gasteiger partial charge in [-0.05, 0) is 31.2 Å². The number of ether oxygens (including phenoxy) is 2. The molecule has 0 spiro atoms. The van der Waals surface area contributed by atoms with Crippen molar-refractivity contribution in [1.29, 1.82) is 0 Å². The molecule has 0 saturated carbocycles. The molecule has 0 amide bonds. The molecule has 0 saturated heterocycles. The molecular formula is C20H22NO5+. The highest BCUT2D eigenvalue weighted by molar-refractivity contribution is 5.83. The summed E-state index contributed by atoms with van der Waals surface area (Å²) in [5.74, 6) is 1.70. The number of phenolic OH excluding ortho intramolecular Hbond substituents is 1. The second kappa shape index (κ2) is 7.09. The van der Waals surface area contributed by atoms with Crippen LogP contribution in [0.4, 0.5) is 0 Å². The van der Waals surface area contributed by atoms with Gasteiger partial charge < -0.3 is 23.9 Å². The van der Waals surface area contributed by atoms with E-state index in [0.717, 1.165) is 4.90 Å². The highest BCUT2D eigenvalue weighted by atomic mass is 16.5. The number of aryl methyl sites for hydroxylation is 1. The van der Waals surface area contributed by atoms with Crippen LogP contribution in [0.1, 0.15) is 11.3 Å². The summed E-state index contributed by atoms with van der Waals surface area (Å²) in [5.41, 5.74) is 0.726. The fourth-order valence-electron chi connectivity index (χ4n) is 2.82. The van der Waals surface area contributed by atoms with Gasteiger partial charge in [-0.3, -0.25) is 4.79 Å². The summed E-state index contributed by atoms with van der Waals surface area (Å²) in [6.07, 6.45) is 0. The van der Waals surface area contributed by atoms with Crippen LogP contribution < -0.4 is 19.8 Å². The Hall–Kier alpha value is -2.99. The molecular weight excluding hydrogens is 334 g/mol. The number of hydrogen-bond donors (Lipinski definition) is 2. The number of phenols is 1. The van der Waals surface area contributed by atoms with Gasteiger partial charge in [0.05, 0.1) is 32.2 Å². The quantitative estimate of drug-likeness (QED) is 0.734. The van der Waals surface area contributed by atoms with Crippen molar-refractivity contribution in [3.8, 4) is 23.0 Å². The molecule has 1 aromatic heterocycles. The molecule has 6 nitrogen and oxygen atoms in total. The number of methoxy groups -OCH3 is 1. The van der Waals surface area contributed by atoms with E-state index in [1.165, 1.54) is 6.07 Å². The van der Waals surface area contributed by atoms with Crippen molar-refractivity contribution in [1.82, 2.24) is 0 Å². The summed E-state index contributed by atoms with van der Waals surface area (Å²) in [6, 6.07) is 10.1. The van der Waals surface area contributed by atoms with Crippen molar-refractivity contribution >= 4 is 11.0 Å². The normalized spacial score (nSPS) is 11.1. The van der Waals surface area contributed by atoms with Crippen molar-refractivity contribution in [3.05, 3.63) is 57.9 Å². The SMILES string of the molecule is COc1cccc(Oc2c(C)oc3c(C[NH+](C)C)c(O)ccc3c2=O)c1. The van der Waals surface area contributed by atoms with Gasteiger partial charge in [0.1, 0.15) is 29.6 Å². The lowest BCUT2D eigenvalue weighted by Gasteiger charge is -2.13. The van der Waals surface area contributed by atoms with Crippen molar-refractivity contribution in [2.75, 3.05) is 21.2 Å². The van der Waals surface area contributed by atoms with Crippen molar-refractivity contribution in [2.45, 2.75) is 13.5 Å². The molecule has 26 heavy (non-hydrogen) atoms. The number of fused-ring (bicyclic) bond motifs is 1. The van der Waals surface area contributed by atoms with Gasteiger partial charge in [-0.25, -0.2) is 0 Å². The minimum absolute atomic E-state index is 0.114. The first-order valence-electron chi connectivity index (χ1n) is 8.30. The van der Waals surface area contributed by atoms with Gasteiger partial charge in [-0.1, -0.05) is 6.07 Å². The summed E-state index contributed by atoms with van der Waals surface area (Å²) in [6.45, 7) is 2.20. The van der Waals surface area contributed by atoms with Gasteiger partial charge in [0.25, 0.3) is 0 Å². The molecule has 0 aliphatic carbocycles. The second-order valence-electron chi connectivity index (χ2n) is 6.42. The third kappa shape index (κ3) is 3.36. The maximum Gasteiger partial charge on any atom is 0.235 e. The fraction of sp³-hybridized carbons (Fsp3) is 0.250. The summed E-state index contributed by atoms with van der Waals surface area (Å²) in [4.78, 5) is 14.1. The molecule has 0 atom stereocenters. The summed E-state index contributed by atoms with van der Waals surface area (Å²) >= 11 is 0. The molecule has 136 valence electrons. The van der Waals surface area contributed by atoms with Crippen LogP contribution in [0, 0.1) is 6.92 Å². The predicted molar refractivity (Wildman–Crippen MR) is 98.5 cm³/mol. The number of quaternary nitrogens is 1. The van der Waals surface area contributed by atoms with Gasteiger partial charge in [0.2, 0.25) is 11.2 Å². The van der Waals surface area contributed by atoms with E-state index in [2.05, 4.69) is 0 Å². The van der Waals surface area contributed by atoms with E-state index in [0.29, 0.717) is 40.3 Å². The largest absolute Gasteiger partial charge is 0.507 e. The summed E-state index contributed by atoms with van der Waals surface area (Å²) < 4.78 is 16.9. The Bertz CT molecular complexity index is 1010. The smallest absolute Gasteiger partial charge is 0.235 e. The van der Waals surface area contributed by atoms with E-state index in [4.69, 9.17) is 13.9 Å². The van der Waals surface area contributed by atoms with Gasteiger partial charge in [0.15, 0.2) is 5.58 Å². The van der Waals surface area contributed by atoms with E-state index >= 15 is 0 Å². The highest BCUT2D eigenvalue weighted by Gasteiger charge is 2.19. The number of nitrogens with one attached hydrogen (secondary N) is 1. The van der Waals surface area contributed by atoms with Crippen LogP contribution in [0.5, 0.6) is 23.0 Å². The molecule has 0 aliphatic heterocycles. The fourth-order valence-corrected chi connectivity index (χ4v) is 2.82. The number of aromatic hydroxyl groups is 1. The average Bonchev–Trinajstić information content (AvgIpc) is 2.61. The Morgan fingerprint density at radius 2 is 1.88 bits per heavy atom. The van der Waals surface area contributed by atoms with Gasteiger partial charge in [-0.15, -0.1) is 0 Å². The lowest BCUT2D eigenvalue weighted by molar-refractivity contribution is -0.872. The van der Waals surface area contributed by atoms with E-state index in [1.54, 1.807) is 44.4 Å². The first kappa shape index (κ1) is 17.8. The third-order valence-corrected chi connectivity index (χ3v) is 4.05. The lowest BCUT2D eigenvalue weighted by Crippen LogP contribution is -3.04. The number of benzene rings is 2. The molecule has 0 bridgehead atoms. The van der Waals surface area contributed by atoms with E-state index < -0.39 is 0 Å². The second-order valence-corrected chi connectivity index (χ2v) is 6.42. The van der Waals surface area contributed by atoms with Crippen LogP contribution in [0.3, 0.4) is 0 Å². The van der Waals surface area contributed by atoms with Crippen LogP contribution in [-0.2, 0) is 6.54 Å². The Kier molecular flexibility index (Phi) is 4.86. The van der Waals surface area contributed by atoms with E-state index in [-0.39, 0.29) is 16.9 Å². The van der Waals surface area contributed by atoms with Crippen LogP contribution in [0.25, 0.3) is 11.0 Å². The molecule has 3 aromatic rings. The monoisotopic (exact) mass is 356 g/mol. The molecule has 0 unspecified atom stereocenters. The Morgan fingerprint density at radius 1 is 1.15 bits per heavy atom. The molecule has 2 aromatic carbocycles. The Balaban J connectivity index is 2.13. The van der Waals surface area contributed by atoms with Crippen LogP contribution in [-0.4, -0.2) is 26.3 Å². The number of rotatable bonds is 5. The van der Waals surface area contributed by atoms with E-state index in [1.807, 2.05) is 14.1 Å². The minimum atomic E-state index is -0.276. The topological polar surface area (TPSA) is 73.3 Å². The average molecular weight is 356 g/mol. The van der Waals surface area contributed by atoms with Gasteiger partial charge in [0, 0.05) is 6.07 Å². The summed E-state index contributed by atoms with van der Waals surface area (Å²) in [7, 11) is 5.49. The van der Waals surface area contributed by atoms with Crippen molar-refractivity contribution in [3.63, 3.8) is 0 Å². The molecule has 0 fully saturated rings. The molecule has 6 heteroatoms. The standard InChI is InChI=1S/C20H21NO5/c1-12-19(26-14-7-5-6-13(10-14)24-4)18(23)15-8-9-17(22)16(11-21(2)3)20(15)25-12/h5-10,22H,11H2,1-4H3/p+1. The molecule has 0 aliphatic rings. The lowest BCUT2D eigenvalue weighted by atomic mass is 10.1. The third-order valence-electron chi connectivity index (χ3n) is 4.05. The molecule has 2 N–H and O–H groups in total. The maximum absolute atomic E-state index is 13.0. The summed E-state index contributed by atoms with van der Waals surface area (Å²) in [5, 5.41) is 10.6. The van der Waals surface area contributed by atoms with Crippen LogP contribution in [0.15, 0.2) is 45.6 Å². The first-order valence-corrected chi connectivity index (χ1v) is 8.30. The Labute approximate surface area is 151 Å². The maximum atomic E-state index is 13.0. The molecule has 3 rings (SSSR count). The predicted octanol–water partition coefficient (Wildman–Crippen LogP) is 2.25. The highest BCUT2D eigenvalue weighted by Crippen LogP contribution is 2.31.